The molecule has 1 atom stereocenters. The first-order chi connectivity index (χ1) is 11.4. The Morgan fingerprint density at radius 2 is 1.75 bits per heavy atom. The molecule has 0 spiro atoms. The van der Waals surface area contributed by atoms with Crippen LogP contribution in [0.1, 0.15) is 49.5 Å². The number of ether oxygens (including phenoxy) is 1. The maximum Gasteiger partial charge on any atom is 0.253 e. The van der Waals surface area contributed by atoms with Gasteiger partial charge >= 0.3 is 0 Å². The van der Waals surface area contributed by atoms with E-state index in [2.05, 4.69) is 37.8 Å². The molecule has 0 aliphatic carbocycles. The van der Waals surface area contributed by atoms with E-state index in [1.54, 1.807) is 0 Å². The Morgan fingerprint density at radius 3 is 2.38 bits per heavy atom. The van der Waals surface area contributed by atoms with Crippen molar-refractivity contribution in [1.82, 2.24) is 9.80 Å². The minimum Gasteiger partial charge on any atom is -0.379 e. The summed E-state index contributed by atoms with van der Waals surface area (Å²) in [5.41, 5.74) is 2.20. The van der Waals surface area contributed by atoms with Crippen LogP contribution >= 0.6 is 0 Å². The number of amides is 1. The van der Waals surface area contributed by atoms with E-state index in [0.29, 0.717) is 6.04 Å². The van der Waals surface area contributed by atoms with Gasteiger partial charge < -0.3 is 9.64 Å². The number of morpholine rings is 1. The van der Waals surface area contributed by atoms with E-state index in [-0.39, 0.29) is 11.3 Å². The van der Waals surface area contributed by atoms with Gasteiger partial charge in [0.15, 0.2) is 0 Å². The first kappa shape index (κ1) is 17.4. The molecule has 2 fully saturated rings. The quantitative estimate of drug-likeness (QED) is 0.836. The average Bonchev–Trinajstić information content (AvgIpc) is 2.61. The number of carbonyl (C=O) groups is 1. The standard InChI is InChI=1S/C20H30N2O2/c1-20(2,3)17-8-6-16(7-9-17)19(23)22-10-4-5-18(15-22)21-11-13-24-14-12-21/h6-9,18H,4-5,10-15H2,1-3H3. The molecule has 1 aromatic carbocycles. The number of benzene rings is 1. The molecule has 2 aliphatic rings. The van der Waals surface area contributed by atoms with Crippen LogP contribution in [0.5, 0.6) is 0 Å². The molecular weight excluding hydrogens is 300 g/mol. The largest absolute Gasteiger partial charge is 0.379 e. The summed E-state index contributed by atoms with van der Waals surface area (Å²) in [6.45, 7) is 11.9. The van der Waals surface area contributed by atoms with Gasteiger partial charge in [-0.25, -0.2) is 0 Å². The predicted octanol–water partition coefficient (Wildman–Crippen LogP) is 2.92. The molecule has 0 bridgehead atoms. The molecule has 1 amide bonds. The third kappa shape index (κ3) is 3.98. The molecule has 1 unspecified atom stereocenters. The van der Waals surface area contributed by atoms with Gasteiger partial charge in [-0.1, -0.05) is 32.9 Å². The lowest BCUT2D eigenvalue weighted by molar-refractivity contribution is -0.00120. The van der Waals surface area contributed by atoms with Crippen molar-refractivity contribution < 1.29 is 9.53 Å². The monoisotopic (exact) mass is 330 g/mol. The Labute approximate surface area is 145 Å². The van der Waals surface area contributed by atoms with Crippen molar-refractivity contribution >= 4 is 5.91 Å². The Bertz CT molecular complexity index is 556. The minimum absolute atomic E-state index is 0.119. The molecule has 4 heteroatoms. The molecule has 24 heavy (non-hydrogen) atoms. The molecule has 132 valence electrons. The highest BCUT2D eigenvalue weighted by Gasteiger charge is 2.29. The maximum atomic E-state index is 12.9. The summed E-state index contributed by atoms with van der Waals surface area (Å²) < 4.78 is 5.45. The molecule has 3 rings (SSSR count). The number of likely N-dealkylation sites (tertiary alicyclic amines) is 1. The van der Waals surface area contributed by atoms with Crippen LogP contribution in [-0.2, 0) is 10.2 Å². The number of hydrogen-bond donors (Lipinski definition) is 0. The Balaban J connectivity index is 1.65. The summed E-state index contributed by atoms with van der Waals surface area (Å²) >= 11 is 0. The van der Waals surface area contributed by atoms with Gasteiger partial charge in [-0.2, -0.15) is 0 Å². The first-order valence-corrected chi connectivity index (χ1v) is 9.17. The molecule has 4 nitrogen and oxygen atoms in total. The lowest BCUT2D eigenvalue weighted by Gasteiger charge is -2.40. The number of nitrogens with zero attached hydrogens (tertiary/aromatic N) is 2. The zero-order valence-electron chi connectivity index (χ0n) is 15.3. The van der Waals surface area contributed by atoms with Crippen molar-refractivity contribution in [1.29, 1.82) is 0 Å². The molecule has 2 aliphatic heterocycles. The van der Waals surface area contributed by atoms with Gasteiger partial charge in [0.1, 0.15) is 0 Å². The maximum absolute atomic E-state index is 12.9. The highest BCUT2D eigenvalue weighted by Crippen LogP contribution is 2.23. The fourth-order valence-electron chi connectivity index (χ4n) is 3.68. The zero-order valence-corrected chi connectivity index (χ0v) is 15.3. The molecular formula is C20H30N2O2. The lowest BCUT2D eigenvalue weighted by atomic mass is 9.86. The smallest absolute Gasteiger partial charge is 0.253 e. The van der Waals surface area contributed by atoms with E-state index in [4.69, 9.17) is 4.74 Å². The van der Waals surface area contributed by atoms with Gasteiger partial charge in [-0.3, -0.25) is 9.69 Å². The van der Waals surface area contributed by atoms with Gasteiger partial charge in [-0.15, -0.1) is 0 Å². The summed E-state index contributed by atoms with van der Waals surface area (Å²) in [4.78, 5) is 17.4. The summed E-state index contributed by atoms with van der Waals surface area (Å²) in [6.07, 6.45) is 2.28. The molecule has 0 radical (unpaired) electrons. The summed E-state index contributed by atoms with van der Waals surface area (Å²) in [6, 6.07) is 8.65. The van der Waals surface area contributed by atoms with E-state index in [9.17, 15) is 4.79 Å². The summed E-state index contributed by atoms with van der Waals surface area (Å²) in [7, 11) is 0. The summed E-state index contributed by atoms with van der Waals surface area (Å²) in [5.74, 6) is 0.174. The van der Waals surface area contributed by atoms with E-state index >= 15 is 0 Å². The van der Waals surface area contributed by atoms with Crippen molar-refractivity contribution in [2.24, 2.45) is 0 Å². The van der Waals surface area contributed by atoms with E-state index < -0.39 is 0 Å². The van der Waals surface area contributed by atoms with Crippen LogP contribution in [0.4, 0.5) is 0 Å². The molecule has 1 aromatic rings. The molecule has 2 heterocycles. The van der Waals surface area contributed by atoms with E-state index in [1.165, 1.54) is 12.0 Å². The number of rotatable bonds is 2. The third-order valence-electron chi connectivity index (χ3n) is 5.24. The van der Waals surface area contributed by atoms with Crippen molar-refractivity contribution in [3.63, 3.8) is 0 Å². The fraction of sp³-hybridized carbons (Fsp3) is 0.650. The Morgan fingerprint density at radius 1 is 1.08 bits per heavy atom. The van der Waals surface area contributed by atoms with Gasteiger partial charge in [0.25, 0.3) is 5.91 Å². The Kier molecular flexibility index (Phi) is 5.26. The second kappa shape index (κ2) is 7.24. The molecule has 0 N–H and O–H groups in total. The van der Waals surface area contributed by atoms with Gasteiger partial charge in [0, 0.05) is 37.8 Å². The first-order valence-electron chi connectivity index (χ1n) is 9.17. The van der Waals surface area contributed by atoms with Crippen LogP contribution in [-0.4, -0.2) is 61.1 Å². The van der Waals surface area contributed by atoms with Gasteiger partial charge in [-0.05, 0) is 36.0 Å². The number of hydrogen-bond acceptors (Lipinski definition) is 3. The lowest BCUT2D eigenvalue weighted by Crippen LogP contribution is -2.52. The van der Waals surface area contributed by atoms with Crippen LogP contribution in [0.2, 0.25) is 0 Å². The highest BCUT2D eigenvalue weighted by molar-refractivity contribution is 5.94. The van der Waals surface area contributed by atoms with Crippen LogP contribution in [0, 0.1) is 0 Å². The Hall–Kier alpha value is -1.39. The van der Waals surface area contributed by atoms with Crippen molar-refractivity contribution in [3.8, 4) is 0 Å². The average molecular weight is 330 g/mol. The number of carbonyl (C=O) groups excluding carboxylic acids is 1. The fourth-order valence-corrected chi connectivity index (χ4v) is 3.68. The van der Waals surface area contributed by atoms with Gasteiger partial charge in [0.05, 0.1) is 13.2 Å². The SMILES string of the molecule is CC(C)(C)c1ccc(C(=O)N2CCCC(N3CCOCC3)C2)cc1. The van der Waals surface area contributed by atoms with Crippen LogP contribution in [0.15, 0.2) is 24.3 Å². The van der Waals surface area contributed by atoms with Crippen molar-refractivity contribution in [2.75, 3.05) is 39.4 Å². The van der Waals surface area contributed by atoms with E-state index in [0.717, 1.165) is 51.4 Å². The third-order valence-corrected chi connectivity index (χ3v) is 5.24. The molecule has 0 saturated carbocycles. The molecule has 0 aromatic heterocycles. The normalized spacial score (nSPS) is 23.3. The topological polar surface area (TPSA) is 32.8 Å². The van der Waals surface area contributed by atoms with E-state index in [1.807, 2.05) is 17.0 Å². The zero-order chi connectivity index (χ0) is 17.2. The predicted molar refractivity (Wildman–Crippen MR) is 96.5 cm³/mol. The second-order valence-electron chi connectivity index (χ2n) is 8.02. The van der Waals surface area contributed by atoms with Crippen LogP contribution in [0.3, 0.4) is 0 Å². The van der Waals surface area contributed by atoms with Gasteiger partial charge in [0.2, 0.25) is 0 Å². The van der Waals surface area contributed by atoms with Crippen LogP contribution in [0.25, 0.3) is 0 Å². The van der Waals surface area contributed by atoms with Crippen LogP contribution < -0.4 is 0 Å². The minimum atomic E-state index is 0.119. The summed E-state index contributed by atoms with van der Waals surface area (Å²) in [5, 5.41) is 0. The molecule has 2 saturated heterocycles. The van der Waals surface area contributed by atoms with Crippen molar-refractivity contribution in [2.45, 2.75) is 45.1 Å². The highest BCUT2D eigenvalue weighted by atomic mass is 16.5. The number of piperidine rings is 1. The second-order valence-corrected chi connectivity index (χ2v) is 8.02. The van der Waals surface area contributed by atoms with Crippen molar-refractivity contribution in [3.05, 3.63) is 35.4 Å².